The van der Waals surface area contributed by atoms with Gasteiger partial charge in [0.15, 0.2) is 0 Å². The molecule has 1 aliphatic heterocycles. The lowest BCUT2D eigenvalue weighted by molar-refractivity contribution is -0.142. The third kappa shape index (κ3) is 3.03. The summed E-state index contributed by atoms with van der Waals surface area (Å²) in [5.74, 6) is 1.41. The third-order valence-corrected chi connectivity index (χ3v) is 5.19. The highest BCUT2D eigenvalue weighted by molar-refractivity contribution is 7.99. The SMILES string of the molecule is COc1ccccc1NC1(C(=O)O)CSCC(C)(C)C1. The molecule has 0 amide bonds. The average molecular weight is 295 g/mol. The van der Waals surface area contributed by atoms with Gasteiger partial charge in [-0.05, 0) is 29.7 Å². The lowest BCUT2D eigenvalue weighted by Crippen LogP contribution is -2.54. The first-order valence-corrected chi connectivity index (χ1v) is 7.76. The van der Waals surface area contributed by atoms with Crippen molar-refractivity contribution in [1.82, 2.24) is 0 Å². The van der Waals surface area contributed by atoms with E-state index in [1.54, 1.807) is 18.9 Å². The van der Waals surface area contributed by atoms with Gasteiger partial charge < -0.3 is 15.2 Å². The van der Waals surface area contributed by atoms with E-state index in [9.17, 15) is 9.90 Å². The Labute approximate surface area is 123 Å². The van der Waals surface area contributed by atoms with E-state index in [0.29, 0.717) is 17.9 Å². The zero-order valence-corrected chi connectivity index (χ0v) is 12.9. The summed E-state index contributed by atoms with van der Waals surface area (Å²) in [5, 5.41) is 13.0. The third-order valence-electron chi connectivity index (χ3n) is 3.51. The number of hydrogen-bond donors (Lipinski definition) is 2. The summed E-state index contributed by atoms with van der Waals surface area (Å²) >= 11 is 1.69. The van der Waals surface area contributed by atoms with E-state index in [2.05, 4.69) is 19.2 Å². The molecule has 0 radical (unpaired) electrons. The number of para-hydroxylation sites is 2. The maximum absolute atomic E-state index is 11.9. The van der Waals surface area contributed by atoms with Crippen LogP contribution in [0.2, 0.25) is 0 Å². The summed E-state index contributed by atoms with van der Waals surface area (Å²) in [6, 6.07) is 7.44. The van der Waals surface area contributed by atoms with Crippen molar-refractivity contribution in [3.05, 3.63) is 24.3 Å². The van der Waals surface area contributed by atoms with Crippen molar-refractivity contribution in [2.24, 2.45) is 5.41 Å². The van der Waals surface area contributed by atoms with Crippen LogP contribution in [0.1, 0.15) is 20.3 Å². The van der Waals surface area contributed by atoms with E-state index in [4.69, 9.17) is 4.74 Å². The Bertz CT molecular complexity index is 504. The monoisotopic (exact) mass is 295 g/mol. The molecule has 1 unspecified atom stereocenters. The number of carboxylic acids is 1. The molecule has 1 aromatic carbocycles. The normalized spacial score (nSPS) is 24.9. The van der Waals surface area contributed by atoms with Gasteiger partial charge in [-0.1, -0.05) is 26.0 Å². The summed E-state index contributed by atoms with van der Waals surface area (Å²) in [5.41, 5.74) is -0.215. The van der Waals surface area contributed by atoms with Crippen LogP contribution in [0.5, 0.6) is 5.75 Å². The standard InChI is InChI=1S/C15H21NO3S/c1-14(2)8-15(13(17)18,10-20-9-14)16-11-6-4-5-7-12(11)19-3/h4-7,16H,8-10H2,1-3H3,(H,17,18). The molecule has 0 saturated carbocycles. The highest BCUT2D eigenvalue weighted by atomic mass is 32.2. The second kappa shape index (κ2) is 5.56. The minimum absolute atomic E-state index is 0.00365. The van der Waals surface area contributed by atoms with Gasteiger partial charge >= 0.3 is 5.97 Å². The minimum Gasteiger partial charge on any atom is -0.495 e. The predicted octanol–water partition coefficient (Wildman–Crippen LogP) is 3.09. The van der Waals surface area contributed by atoms with Crippen LogP contribution in [0, 0.1) is 5.41 Å². The van der Waals surface area contributed by atoms with Gasteiger partial charge in [-0.2, -0.15) is 11.8 Å². The molecule has 4 nitrogen and oxygen atoms in total. The number of rotatable bonds is 4. The number of aliphatic carboxylic acids is 1. The van der Waals surface area contributed by atoms with E-state index in [1.165, 1.54) is 0 Å². The van der Waals surface area contributed by atoms with Gasteiger partial charge in [-0.15, -0.1) is 0 Å². The molecule has 2 rings (SSSR count). The molecule has 1 aliphatic rings. The van der Waals surface area contributed by atoms with Gasteiger partial charge in [-0.3, -0.25) is 0 Å². The van der Waals surface area contributed by atoms with E-state index in [-0.39, 0.29) is 5.41 Å². The van der Waals surface area contributed by atoms with Gasteiger partial charge in [0.25, 0.3) is 0 Å². The summed E-state index contributed by atoms with van der Waals surface area (Å²) in [6.45, 7) is 4.22. The lowest BCUT2D eigenvalue weighted by atomic mass is 9.79. The molecule has 1 heterocycles. The molecule has 0 aliphatic carbocycles. The maximum Gasteiger partial charge on any atom is 0.330 e. The number of nitrogens with one attached hydrogen (secondary N) is 1. The van der Waals surface area contributed by atoms with E-state index in [1.807, 2.05) is 24.3 Å². The van der Waals surface area contributed by atoms with Crippen molar-refractivity contribution in [3.8, 4) is 5.75 Å². The zero-order chi connectivity index (χ0) is 14.8. The van der Waals surface area contributed by atoms with Gasteiger partial charge in [0, 0.05) is 5.75 Å². The summed E-state index contributed by atoms with van der Waals surface area (Å²) in [4.78, 5) is 11.9. The van der Waals surface area contributed by atoms with Crippen LogP contribution in [0.3, 0.4) is 0 Å². The second-order valence-corrected chi connectivity index (χ2v) is 7.03. The highest BCUT2D eigenvalue weighted by Crippen LogP contribution is 2.42. The molecule has 1 aromatic rings. The van der Waals surface area contributed by atoms with Crippen LogP contribution >= 0.6 is 11.8 Å². The van der Waals surface area contributed by atoms with Gasteiger partial charge in [0.1, 0.15) is 11.3 Å². The number of thioether (sulfide) groups is 1. The van der Waals surface area contributed by atoms with Crippen molar-refractivity contribution < 1.29 is 14.6 Å². The molecule has 2 N–H and O–H groups in total. The smallest absolute Gasteiger partial charge is 0.330 e. The molecule has 1 fully saturated rings. The van der Waals surface area contributed by atoms with Crippen LogP contribution in [0.25, 0.3) is 0 Å². The Kier molecular flexibility index (Phi) is 4.18. The van der Waals surface area contributed by atoms with E-state index >= 15 is 0 Å². The summed E-state index contributed by atoms with van der Waals surface area (Å²) < 4.78 is 5.30. The fourth-order valence-electron chi connectivity index (χ4n) is 2.70. The van der Waals surface area contributed by atoms with Gasteiger partial charge in [0.2, 0.25) is 0 Å². The number of carbonyl (C=O) groups is 1. The fraction of sp³-hybridized carbons (Fsp3) is 0.533. The fourth-order valence-corrected chi connectivity index (χ4v) is 4.10. The molecular weight excluding hydrogens is 274 g/mol. The minimum atomic E-state index is -0.943. The Morgan fingerprint density at radius 2 is 2.05 bits per heavy atom. The number of benzene rings is 1. The van der Waals surface area contributed by atoms with Crippen molar-refractivity contribution >= 4 is 23.4 Å². The number of methoxy groups -OCH3 is 1. The molecule has 110 valence electrons. The quantitative estimate of drug-likeness (QED) is 0.894. The zero-order valence-electron chi connectivity index (χ0n) is 12.1. The molecule has 1 atom stereocenters. The number of hydrogen-bond acceptors (Lipinski definition) is 4. The van der Waals surface area contributed by atoms with Gasteiger partial charge in [0.05, 0.1) is 12.8 Å². The van der Waals surface area contributed by atoms with E-state index < -0.39 is 11.5 Å². The van der Waals surface area contributed by atoms with Crippen LogP contribution in [0.15, 0.2) is 24.3 Å². The first-order valence-electron chi connectivity index (χ1n) is 6.61. The molecule has 0 bridgehead atoms. The number of carboxylic acid groups (broad SMARTS) is 1. The molecule has 20 heavy (non-hydrogen) atoms. The van der Waals surface area contributed by atoms with Crippen LogP contribution < -0.4 is 10.1 Å². The topological polar surface area (TPSA) is 58.6 Å². The van der Waals surface area contributed by atoms with E-state index in [0.717, 1.165) is 11.4 Å². The lowest BCUT2D eigenvalue weighted by Gasteiger charge is -2.42. The Hall–Kier alpha value is -1.36. The van der Waals surface area contributed by atoms with Crippen molar-refractivity contribution in [3.63, 3.8) is 0 Å². The van der Waals surface area contributed by atoms with Crippen molar-refractivity contribution in [1.29, 1.82) is 0 Å². The highest BCUT2D eigenvalue weighted by Gasteiger charge is 2.46. The number of anilines is 1. The van der Waals surface area contributed by atoms with Crippen LogP contribution in [-0.4, -0.2) is 35.2 Å². The van der Waals surface area contributed by atoms with Gasteiger partial charge in [-0.25, -0.2) is 4.79 Å². The number of ether oxygens (including phenoxy) is 1. The molecule has 0 aromatic heterocycles. The first-order chi connectivity index (χ1) is 9.38. The van der Waals surface area contributed by atoms with Crippen molar-refractivity contribution in [2.75, 3.05) is 23.9 Å². The largest absolute Gasteiger partial charge is 0.495 e. The Morgan fingerprint density at radius 1 is 1.35 bits per heavy atom. The molecule has 5 heteroatoms. The summed E-state index contributed by atoms with van der Waals surface area (Å²) in [6.07, 6.45) is 0.598. The molecule has 1 saturated heterocycles. The molecular formula is C15H21NO3S. The Morgan fingerprint density at radius 3 is 2.65 bits per heavy atom. The van der Waals surface area contributed by atoms with Crippen LogP contribution in [0.4, 0.5) is 5.69 Å². The van der Waals surface area contributed by atoms with Crippen molar-refractivity contribution in [2.45, 2.75) is 25.8 Å². The predicted molar refractivity (Wildman–Crippen MR) is 82.7 cm³/mol. The van der Waals surface area contributed by atoms with Crippen LogP contribution in [-0.2, 0) is 4.79 Å². The second-order valence-electron chi connectivity index (χ2n) is 6.05. The average Bonchev–Trinajstić information content (AvgIpc) is 2.38. The Balaban J connectivity index is 2.32. The first kappa shape index (κ1) is 15.0. The maximum atomic E-state index is 11.9. The molecule has 0 spiro atoms. The summed E-state index contributed by atoms with van der Waals surface area (Å²) in [7, 11) is 1.59.